The molecule has 0 atom stereocenters. The molecule has 1 heterocycles. The van der Waals surface area contributed by atoms with Crippen LogP contribution >= 0.6 is 0 Å². The van der Waals surface area contributed by atoms with Gasteiger partial charge in [0.25, 0.3) is 0 Å². The monoisotopic (exact) mass is 339 g/mol. The molecule has 0 unspecified atom stereocenters. The number of benzene rings is 2. The van der Waals surface area contributed by atoms with Crippen LogP contribution in [0.5, 0.6) is 5.75 Å². The molecule has 2 nitrogen and oxygen atoms in total. The molecule has 2 aromatic carbocycles. The van der Waals surface area contributed by atoms with Gasteiger partial charge in [0.1, 0.15) is 18.2 Å². The number of piperidine rings is 1. The molecule has 1 aliphatic heterocycles. The molecule has 0 saturated carbocycles. The minimum Gasteiger partial charge on any atom is -0.483 e. The van der Waals surface area contributed by atoms with E-state index in [0.29, 0.717) is 23.3 Å². The summed E-state index contributed by atoms with van der Waals surface area (Å²) < 4.78 is 59.8. The van der Waals surface area contributed by atoms with Gasteiger partial charge >= 0.3 is 0 Å². The third-order valence-corrected chi connectivity index (χ3v) is 4.23. The molecule has 0 radical (unpaired) electrons. The zero-order chi connectivity index (χ0) is 17.1. The highest BCUT2D eigenvalue weighted by atomic mass is 19.1. The van der Waals surface area contributed by atoms with E-state index in [-0.39, 0.29) is 18.3 Å². The van der Waals surface area contributed by atoms with Crippen LogP contribution in [0.15, 0.2) is 30.3 Å². The molecule has 1 fully saturated rings. The molecule has 0 bridgehead atoms. The Kier molecular flexibility index (Phi) is 5.04. The lowest BCUT2D eigenvalue weighted by atomic mass is 9.87. The normalized spacial score (nSPS) is 15.5. The lowest BCUT2D eigenvalue weighted by Crippen LogP contribution is -2.27. The summed E-state index contributed by atoms with van der Waals surface area (Å²) in [6.07, 6.45) is 1.57. The third kappa shape index (κ3) is 3.53. The highest BCUT2D eigenvalue weighted by molar-refractivity contribution is 5.33. The Morgan fingerprint density at radius 2 is 1.62 bits per heavy atom. The van der Waals surface area contributed by atoms with Crippen molar-refractivity contribution in [3.8, 4) is 5.75 Å². The summed E-state index contributed by atoms with van der Waals surface area (Å²) in [6, 6.07) is 5.70. The van der Waals surface area contributed by atoms with Crippen molar-refractivity contribution >= 4 is 0 Å². The highest BCUT2D eigenvalue weighted by Gasteiger charge is 2.22. The first-order valence-electron chi connectivity index (χ1n) is 7.81. The maximum absolute atomic E-state index is 14.3. The topological polar surface area (TPSA) is 21.3 Å². The van der Waals surface area contributed by atoms with Crippen LogP contribution in [-0.2, 0) is 6.61 Å². The van der Waals surface area contributed by atoms with Crippen molar-refractivity contribution in [3.05, 3.63) is 64.7 Å². The van der Waals surface area contributed by atoms with Gasteiger partial charge in [0.2, 0.25) is 0 Å². The first-order valence-corrected chi connectivity index (χ1v) is 7.81. The largest absolute Gasteiger partial charge is 0.483 e. The number of hydrogen-bond acceptors (Lipinski definition) is 2. The Morgan fingerprint density at radius 3 is 2.29 bits per heavy atom. The summed E-state index contributed by atoms with van der Waals surface area (Å²) in [5.41, 5.74) is 1.08. The van der Waals surface area contributed by atoms with E-state index < -0.39 is 23.2 Å². The Balaban J connectivity index is 1.84. The van der Waals surface area contributed by atoms with Crippen LogP contribution in [0.2, 0.25) is 0 Å². The third-order valence-electron chi connectivity index (χ3n) is 4.23. The smallest absolute Gasteiger partial charge is 0.191 e. The fourth-order valence-corrected chi connectivity index (χ4v) is 3.09. The van der Waals surface area contributed by atoms with Gasteiger partial charge in [0, 0.05) is 12.1 Å². The van der Waals surface area contributed by atoms with Gasteiger partial charge < -0.3 is 10.1 Å². The van der Waals surface area contributed by atoms with E-state index in [4.69, 9.17) is 4.74 Å². The molecule has 0 aliphatic carbocycles. The fourth-order valence-electron chi connectivity index (χ4n) is 3.09. The van der Waals surface area contributed by atoms with Gasteiger partial charge in [-0.2, -0.15) is 0 Å². The molecular weight excluding hydrogens is 322 g/mol. The average Bonchev–Trinajstić information content (AvgIpc) is 2.54. The SMILES string of the molecule is Fc1cc(F)c(OCc2cccc(F)c2C2CCNCC2)c(F)c1. The molecular formula is C18H17F4NO. The minimum absolute atomic E-state index is 0.0361. The van der Waals surface area contributed by atoms with Crippen LogP contribution in [0.4, 0.5) is 17.6 Å². The summed E-state index contributed by atoms with van der Waals surface area (Å²) in [5.74, 6) is -4.22. The van der Waals surface area contributed by atoms with Crippen molar-refractivity contribution < 1.29 is 22.3 Å². The number of ether oxygens (including phenoxy) is 1. The Hall–Kier alpha value is -2.08. The van der Waals surface area contributed by atoms with Crippen molar-refractivity contribution in [1.29, 1.82) is 0 Å². The van der Waals surface area contributed by atoms with Crippen LogP contribution < -0.4 is 10.1 Å². The fraction of sp³-hybridized carbons (Fsp3) is 0.333. The van der Waals surface area contributed by atoms with Crippen LogP contribution in [0, 0.1) is 23.3 Å². The van der Waals surface area contributed by atoms with Crippen LogP contribution in [0.25, 0.3) is 0 Å². The zero-order valence-electron chi connectivity index (χ0n) is 12.9. The van der Waals surface area contributed by atoms with Crippen molar-refractivity contribution in [2.45, 2.75) is 25.4 Å². The van der Waals surface area contributed by atoms with Gasteiger partial charge in [-0.1, -0.05) is 12.1 Å². The molecule has 1 aliphatic rings. The van der Waals surface area contributed by atoms with Crippen LogP contribution in [0.1, 0.15) is 29.9 Å². The molecule has 0 spiro atoms. The molecule has 0 amide bonds. The van der Waals surface area contributed by atoms with Crippen LogP contribution in [0.3, 0.4) is 0 Å². The quantitative estimate of drug-likeness (QED) is 0.839. The molecule has 1 saturated heterocycles. The van der Waals surface area contributed by atoms with Crippen molar-refractivity contribution in [3.63, 3.8) is 0 Å². The van der Waals surface area contributed by atoms with E-state index in [9.17, 15) is 17.6 Å². The van der Waals surface area contributed by atoms with E-state index in [0.717, 1.165) is 25.9 Å². The predicted molar refractivity (Wildman–Crippen MR) is 81.9 cm³/mol. The van der Waals surface area contributed by atoms with Crippen molar-refractivity contribution in [2.24, 2.45) is 0 Å². The maximum Gasteiger partial charge on any atom is 0.191 e. The van der Waals surface area contributed by atoms with E-state index in [1.54, 1.807) is 6.07 Å². The van der Waals surface area contributed by atoms with E-state index in [1.807, 2.05) is 0 Å². The summed E-state index contributed by atoms with van der Waals surface area (Å²) >= 11 is 0. The number of halogens is 4. The Morgan fingerprint density at radius 1 is 0.958 bits per heavy atom. The molecule has 24 heavy (non-hydrogen) atoms. The number of rotatable bonds is 4. The Bertz CT molecular complexity index is 706. The number of nitrogens with one attached hydrogen (secondary N) is 1. The standard InChI is InChI=1S/C18H17F4NO/c19-13-8-15(21)18(16(22)9-13)24-10-12-2-1-3-14(20)17(12)11-4-6-23-7-5-11/h1-3,8-9,11,23H,4-7,10H2. The summed E-state index contributed by atoms with van der Waals surface area (Å²) in [6.45, 7) is 1.40. The molecule has 128 valence electrons. The van der Waals surface area contributed by atoms with Gasteiger partial charge in [-0.25, -0.2) is 17.6 Å². The second-order valence-electron chi connectivity index (χ2n) is 5.82. The molecule has 0 aromatic heterocycles. The molecule has 6 heteroatoms. The lowest BCUT2D eigenvalue weighted by molar-refractivity contribution is 0.269. The molecule has 1 N–H and O–H groups in total. The highest BCUT2D eigenvalue weighted by Crippen LogP contribution is 2.32. The lowest BCUT2D eigenvalue weighted by Gasteiger charge is -2.25. The summed E-state index contributed by atoms with van der Waals surface area (Å²) in [5, 5.41) is 3.21. The van der Waals surface area contributed by atoms with E-state index in [1.165, 1.54) is 12.1 Å². The average molecular weight is 339 g/mol. The van der Waals surface area contributed by atoms with Gasteiger partial charge in [-0.3, -0.25) is 0 Å². The second-order valence-corrected chi connectivity index (χ2v) is 5.82. The predicted octanol–water partition coefficient (Wildman–Crippen LogP) is 4.29. The summed E-state index contributed by atoms with van der Waals surface area (Å²) in [4.78, 5) is 0. The first-order chi connectivity index (χ1) is 11.6. The summed E-state index contributed by atoms with van der Waals surface area (Å²) in [7, 11) is 0. The van der Waals surface area contributed by atoms with Crippen LogP contribution in [-0.4, -0.2) is 13.1 Å². The minimum atomic E-state index is -1.12. The van der Waals surface area contributed by atoms with E-state index >= 15 is 0 Å². The Labute approximate surface area is 137 Å². The van der Waals surface area contributed by atoms with Gasteiger partial charge in [-0.05, 0) is 49.0 Å². The molecule has 3 rings (SSSR count). The van der Waals surface area contributed by atoms with Gasteiger partial charge in [0.05, 0.1) is 0 Å². The maximum atomic E-state index is 14.3. The second kappa shape index (κ2) is 7.21. The van der Waals surface area contributed by atoms with Gasteiger partial charge in [0.15, 0.2) is 17.4 Å². The zero-order valence-corrected chi connectivity index (χ0v) is 12.9. The van der Waals surface area contributed by atoms with Crippen molar-refractivity contribution in [1.82, 2.24) is 5.32 Å². The van der Waals surface area contributed by atoms with Crippen molar-refractivity contribution in [2.75, 3.05) is 13.1 Å². The number of hydrogen-bond donors (Lipinski definition) is 1. The van der Waals surface area contributed by atoms with Gasteiger partial charge in [-0.15, -0.1) is 0 Å². The first kappa shape index (κ1) is 16.8. The van der Waals surface area contributed by atoms with E-state index in [2.05, 4.69) is 5.32 Å². The molecule has 2 aromatic rings.